The number of hydrogen-bond donors (Lipinski definition) is 0. The average Bonchev–Trinajstić information content (AvgIpc) is 3.13. The molecule has 2 aliphatic carbocycles. The van der Waals surface area contributed by atoms with Crippen LogP contribution in [0.2, 0.25) is 0 Å². The highest BCUT2D eigenvalue weighted by molar-refractivity contribution is 6.03. The van der Waals surface area contributed by atoms with Gasteiger partial charge in [0.15, 0.2) is 0 Å². The summed E-state index contributed by atoms with van der Waals surface area (Å²) in [5.41, 5.74) is 6.09. The van der Waals surface area contributed by atoms with Crippen LogP contribution in [0.25, 0.3) is 11.1 Å². The molecule has 2 aromatic carbocycles. The number of oxime groups is 1. The summed E-state index contributed by atoms with van der Waals surface area (Å²) in [6.07, 6.45) is 7.58. The SMILES string of the molecule is CCC(=O)O/N=C(\c1ccc2c(c1)C(CC)(CC)c1cc([N+](=O)[O-])ccc1-2)C1CCCCC1. The monoisotopic (exact) mass is 448 g/mol. The Morgan fingerprint density at radius 3 is 2.27 bits per heavy atom. The topological polar surface area (TPSA) is 81.8 Å². The third kappa shape index (κ3) is 4.07. The summed E-state index contributed by atoms with van der Waals surface area (Å²) in [5.74, 6) is -0.0652. The Labute approximate surface area is 195 Å². The van der Waals surface area contributed by atoms with Crippen LogP contribution in [-0.2, 0) is 15.0 Å². The standard InChI is InChI=1S/C27H32N2O4/c1-4-25(30)33-28-26(18-10-8-7-9-11-18)19-12-14-21-22-15-13-20(29(31)32)17-24(22)27(5-2,6-3)23(21)16-19/h12-18H,4-11H2,1-3H3/b28-26-. The molecule has 0 heterocycles. The first-order chi connectivity index (χ1) is 15.9. The number of nitrogens with zero attached hydrogens (tertiary/aromatic N) is 2. The van der Waals surface area contributed by atoms with E-state index in [4.69, 9.17) is 4.84 Å². The highest BCUT2D eigenvalue weighted by Crippen LogP contribution is 2.53. The van der Waals surface area contributed by atoms with Gasteiger partial charge < -0.3 is 4.84 Å². The van der Waals surface area contributed by atoms with E-state index in [1.807, 2.05) is 6.07 Å². The molecule has 6 nitrogen and oxygen atoms in total. The van der Waals surface area contributed by atoms with Crippen LogP contribution in [0.1, 0.15) is 88.8 Å². The fourth-order valence-electron chi connectivity index (χ4n) is 5.67. The molecule has 0 N–H and O–H groups in total. The molecular formula is C27H32N2O4. The maximum atomic E-state index is 11.9. The first kappa shape index (κ1) is 23.1. The largest absolute Gasteiger partial charge is 0.334 e. The lowest BCUT2D eigenvalue weighted by Gasteiger charge is -2.30. The minimum Gasteiger partial charge on any atom is -0.318 e. The van der Waals surface area contributed by atoms with Gasteiger partial charge in [-0.2, -0.15) is 0 Å². The maximum absolute atomic E-state index is 11.9. The third-order valence-corrected chi connectivity index (χ3v) is 7.58. The molecule has 0 amide bonds. The quantitative estimate of drug-likeness (QED) is 0.199. The Balaban J connectivity index is 1.84. The molecule has 1 fully saturated rings. The van der Waals surface area contributed by atoms with Crippen molar-refractivity contribution in [1.82, 2.24) is 0 Å². The molecule has 4 rings (SSSR count). The van der Waals surface area contributed by atoms with Gasteiger partial charge in [0.2, 0.25) is 0 Å². The predicted molar refractivity (Wildman–Crippen MR) is 129 cm³/mol. The summed E-state index contributed by atoms with van der Waals surface area (Å²) in [6, 6.07) is 11.6. The van der Waals surface area contributed by atoms with Crippen LogP contribution < -0.4 is 0 Å². The van der Waals surface area contributed by atoms with Crippen molar-refractivity contribution in [3.8, 4) is 11.1 Å². The molecule has 1 saturated carbocycles. The van der Waals surface area contributed by atoms with Crippen molar-refractivity contribution < 1.29 is 14.6 Å². The smallest absolute Gasteiger partial charge is 0.318 e. The predicted octanol–water partition coefficient (Wildman–Crippen LogP) is 6.92. The van der Waals surface area contributed by atoms with Crippen LogP contribution in [0.4, 0.5) is 5.69 Å². The van der Waals surface area contributed by atoms with Crippen LogP contribution in [-0.4, -0.2) is 16.6 Å². The molecule has 0 atom stereocenters. The number of carbonyl (C=O) groups is 1. The van der Waals surface area contributed by atoms with Gasteiger partial charge in [0.1, 0.15) is 0 Å². The Kier molecular flexibility index (Phi) is 6.63. The second kappa shape index (κ2) is 9.46. The first-order valence-electron chi connectivity index (χ1n) is 12.2. The first-order valence-corrected chi connectivity index (χ1v) is 12.2. The summed E-state index contributed by atoms with van der Waals surface area (Å²) in [6.45, 7) is 6.06. The number of rotatable bonds is 7. The van der Waals surface area contributed by atoms with E-state index in [2.05, 4.69) is 37.2 Å². The molecule has 174 valence electrons. The van der Waals surface area contributed by atoms with Gasteiger partial charge in [-0.3, -0.25) is 10.1 Å². The van der Waals surface area contributed by atoms with Crippen molar-refractivity contribution in [3.63, 3.8) is 0 Å². The normalized spacial score (nSPS) is 17.4. The molecule has 33 heavy (non-hydrogen) atoms. The van der Waals surface area contributed by atoms with Gasteiger partial charge in [0.05, 0.1) is 10.6 Å². The highest BCUT2D eigenvalue weighted by atomic mass is 16.7. The van der Waals surface area contributed by atoms with Gasteiger partial charge in [-0.15, -0.1) is 0 Å². The van der Waals surface area contributed by atoms with E-state index in [1.165, 1.54) is 12.0 Å². The van der Waals surface area contributed by atoms with E-state index >= 15 is 0 Å². The van der Waals surface area contributed by atoms with E-state index < -0.39 is 0 Å². The number of fused-ring (bicyclic) bond motifs is 3. The zero-order valence-corrected chi connectivity index (χ0v) is 19.7. The molecule has 0 aromatic heterocycles. The number of benzene rings is 2. The molecular weight excluding hydrogens is 416 g/mol. The number of non-ortho nitro benzene ring substituents is 1. The van der Waals surface area contributed by atoms with Crippen molar-refractivity contribution >= 4 is 17.4 Å². The molecule has 0 spiro atoms. The highest BCUT2D eigenvalue weighted by Gasteiger charge is 2.42. The van der Waals surface area contributed by atoms with Crippen molar-refractivity contribution in [2.24, 2.45) is 11.1 Å². The summed E-state index contributed by atoms with van der Waals surface area (Å²) in [7, 11) is 0. The lowest BCUT2D eigenvalue weighted by molar-refractivity contribution is -0.384. The van der Waals surface area contributed by atoms with Gasteiger partial charge in [-0.25, -0.2) is 4.79 Å². The Bertz CT molecular complexity index is 1100. The summed E-state index contributed by atoms with van der Waals surface area (Å²) in [4.78, 5) is 28.3. The van der Waals surface area contributed by atoms with Gasteiger partial charge in [0, 0.05) is 29.9 Å². The maximum Gasteiger partial charge on any atom is 0.334 e. The Morgan fingerprint density at radius 1 is 1.03 bits per heavy atom. The van der Waals surface area contributed by atoms with Crippen LogP contribution in [0.3, 0.4) is 0 Å². The van der Waals surface area contributed by atoms with Crippen LogP contribution >= 0.6 is 0 Å². The van der Waals surface area contributed by atoms with Crippen LogP contribution in [0.15, 0.2) is 41.6 Å². The van der Waals surface area contributed by atoms with E-state index in [-0.39, 0.29) is 34.3 Å². The van der Waals surface area contributed by atoms with Crippen LogP contribution in [0, 0.1) is 16.0 Å². The average molecular weight is 449 g/mol. The van der Waals surface area contributed by atoms with E-state index in [1.54, 1.807) is 19.1 Å². The molecule has 2 aromatic rings. The van der Waals surface area contributed by atoms with E-state index in [9.17, 15) is 14.9 Å². The Hall–Kier alpha value is -3.02. The zero-order chi connectivity index (χ0) is 23.6. The second-order valence-electron chi connectivity index (χ2n) is 9.16. The van der Waals surface area contributed by atoms with Crippen molar-refractivity contribution in [3.05, 3.63) is 63.2 Å². The van der Waals surface area contributed by atoms with E-state index in [0.29, 0.717) is 0 Å². The van der Waals surface area contributed by atoms with Gasteiger partial charge in [-0.05, 0) is 65.6 Å². The van der Waals surface area contributed by atoms with Gasteiger partial charge in [-0.1, -0.05) is 57.3 Å². The lowest BCUT2D eigenvalue weighted by Crippen LogP contribution is -2.24. The number of nitro benzene ring substituents is 1. The lowest BCUT2D eigenvalue weighted by atomic mass is 9.73. The van der Waals surface area contributed by atoms with Crippen LogP contribution in [0.5, 0.6) is 0 Å². The van der Waals surface area contributed by atoms with E-state index in [0.717, 1.165) is 66.5 Å². The minimum atomic E-state index is -0.333. The fraction of sp³-hybridized carbons (Fsp3) is 0.481. The number of hydrogen-bond acceptors (Lipinski definition) is 5. The van der Waals surface area contributed by atoms with Crippen molar-refractivity contribution in [1.29, 1.82) is 0 Å². The molecule has 0 aliphatic heterocycles. The number of carbonyl (C=O) groups excluding carboxylic acids is 1. The fourth-order valence-corrected chi connectivity index (χ4v) is 5.67. The summed E-state index contributed by atoms with van der Waals surface area (Å²) >= 11 is 0. The molecule has 0 saturated heterocycles. The molecule has 6 heteroatoms. The van der Waals surface area contributed by atoms with Gasteiger partial charge in [0.25, 0.3) is 5.69 Å². The molecule has 0 bridgehead atoms. The van der Waals surface area contributed by atoms with Crippen molar-refractivity contribution in [2.75, 3.05) is 0 Å². The zero-order valence-electron chi connectivity index (χ0n) is 19.7. The van der Waals surface area contributed by atoms with Gasteiger partial charge >= 0.3 is 5.97 Å². The molecule has 0 radical (unpaired) electrons. The van der Waals surface area contributed by atoms with Crippen molar-refractivity contribution in [2.45, 2.75) is 77.6 Å². The summed E-state index contributed by atoms with van der Waals surface area (Å²) in [5, 5.41) is 15.9. The molecule has 0 unspecified atom stereocenters. The summed E-state index contributed by atoms with van der Waals surface area (Å²) < 4.78 is 0. The molecule has 2 aliphatic rings. The second-order valence-corrected chi connectivity index (χ2v) is 9.16. The third-order valence-electron chi connectivity index (χ3n) is 7.58. The minimum absolute atomic E-state index is 0.129. The Morgan fingerprint density at radius 2 is 1.67 bits per heavy atom. The number of nitro groups is 1.